The van der Waals surface area contributed by atoms with Crippen LogP contribution in [-0.4, -0.2) is 77.0 Å². The molecule has 0 saturated carbocycles. The summed E-state index contributed by atoms with van der Waals surface area (Å²) < 4.78 is 20.1. The van der Waals surface area contributed by atoms with Crippen molar-refractivity contribution in [2.75, 3.05) is 38.6 Å². The monoisotopic (exact) mass is 715 g/mol. The average molecular weight is 716 g/mol. The van der Waals surface area contributed by atoms with Gasteiger partial charge in [-0.2, -0.15) is 0 Å². The van der Waals surface area contributed by atoms with E-state index in [4.69, 9.17) is 9.72 Å². The number of aromatic nitrogens is 1. The number of amides is 2. The van der Waals surface area contributed by atoms with Gasteiger partial charge in [-0.25, -0.2) is 9.18 Å². The number of nitrogens with one attached hydrogen (secondary N) is 1. The van der Waals surface area contributed by atoms with Crippen molar-refractivity contribution in [3.05, 3.63) is 81.4 Å². The predicted molar refractivity (Wildman–Crippen MR) is 200 cm³/mol. The summed E-state index contributed by atoms with van der Waals surface area (Å²) in [7, 11) is 3.05. The van der Waals surface area contributed by atoms with E-state index in [0.29, 0.717) is 36.6 Å². The third-order valence-corrected chi connectivity index (χ3v) is 10.2. The molecule has 3 heterocycles. The van der Waals surface area contributed by atoms with Crippen LogP contribution in [0.5, 0.6) is 0 Å². The molecule has 1 fully saturated rings. The second-order valence-corrected chi connectivity index (χ2v) is 16.3. The number of hydrogen-bond donors (Lipinski definition) is 2. The Morgan fingerprint density at radius 3 is 2.35 bits per heavy atom. The van der Waals surface area contributed by atoms with Gasteiger partial charge in [0.25, 0.3) is 0 Å². The molecule has 0 bridgehead atoms. The molecule has 10 nitrogen and oxygen atoms in total. The molecular weight excluding hydrogens is 661 g/mol. The molecule has 3 aromatic rings. The van der Waals surface area contributed by atoms with Crippen LogP contribution in [0.15, 0.2) is 36.4 Å². The number of carboxylic acids is 1. The van der Waals surface area contributed by atoms with Crippen molar-refractivity contribution >= 4 is 23.5 Å². The molecule has 2 N–H and O–H groups in total. The number of halogens is 1. The first-order chi connectivity index (χ1) is 24.3. The predicted octanol–water partition coefficient (Wildman–Crippen LogP) is 6.33. The maximum atomic E-state index is 13.8. The molecule has 52 heavy (non-hydrogen) atoms. The summed E-state index contributed by atoms with van der Waals surface area (Å²) in [5.41, 5.74) is 7.62. The number of piperidine rings is 1. The van der Waals surface area contributed by atoms with Gasteiger partial charge in [0, 0.05) is 63.6 Å². The van der Waals surface area contributed by atoms with Crippen molar-refractivity contribution < 1.29 is 28.6 Å². The van der Waals surface area contributed by atoms with E-state index in [9.17, 15) is 23.9 Å². The minimum Gasteiger partial charge on any atom is -0.479 e. The van der Waals surface area contributed by atoms with Gasteiger partial charge in [0.2, 0.25) is 0 Å². The number of hydrogen-bond acceptors (Lipinski definition) is 7. The van der Waals surface area contributed by atoms with Gasteiger partial charge in [0.15, 0.2) is 6.10 Å². The van der Waals surface area contributed by atoms with E-state index in [-0.39, 0.29) is 17.8 Å². The first-order valence-corrected chi connectivity index (χ1v) is 18.1. The first-order valence-electron chi connectivity index (χ1n) is 18.1. The standard InChI is InChI=1S/C41H54FN5O5/c1-25-20-31(42)13-12-29(25)23-46-17-14-27-21-28(10-11-30(27)24-46)34-32(22-43-37(48)38(49)45(8)9)44-26(2)33(36(39(50)51)52-40(3,4)5)35(34)47-18-15-41(6,7)16-19-47/h10-13,20-21,36H,14-19,22-24H2,1-9H3,(H,43,48)(H,50,51). The summed E-state index contributed by atoms with van der Waals surface area (Å²) in [6, 6.07) is 11.3. The number of carboxylic acid groups (broad SMARTS) is 1. The zero-order valence-corrected chi connectivity index (χ0v) is 32.2. The maximum absolute atomic E-state index is 13.8. The van der Waals surface area contributed by atoms with E-state index in [2.05, 4.69) is 47.2 Å². The number of aliphatic carboxylic acids is 1. The van der Waals surface area contributed by atoms with Crippen LogP contribution in [0.4, 0.5) is 10.1 Å². The summed E-state index contributed by atoms with van der Waals surface area (Å²) in [6.45, 7) is 17.4. The third kappa shape index (κ3) is 8.98. The van der Waals surface area contributed by atoms with Crippen LogP contribution >= 0.6 is 0 Å². The molecule has 1 unspecified atom stereocenters. The number of aryl methyl sites for hydroxylation is 2. The molecule has 5 rings (SSSR count). The Hall–Kier alpha value is -4.35. The molecule has 1 aromatic heterocycles. The maximum Gasteiger partial charge on any atom is 0.337 e. The molecule has 0 aliphatic carbocycles. The summed E-state index contributed by atoms with van der Waals surface area (Å²) in [5.74, 6) is -2.76. The number of likely N-dealkylation sites (N-methyl/N-ethyl adjacent to an activating group) is 1. The molecule has 0 radical (unpaired) electrons. The molecule has 2 aliphatic rings. The van der Waals surface area contributed by atoms with E-state index in [1.54, 1.807) is 13.0 Å². The van der Waals surface area contributed by atoms with E-state index in [1.165, 1.54) is 36.2 Å². The minimum atomic E-state index is -1.30. The highest BCUT2D eigenvalue weighted by Crippen LogP contribution is 2.45. The number of carbonyl (C=O) groups excluding carboxylic acids is 2. The van der Waals surface area contributed by atoms with Crippen LogP contribution in [0, 0.1) is 25.1 Å². The summed E-state index contributed by atoms with van der Waals surface area (Å²) >= 11 is 0. The van der Waals surface area contributed by atoms with Crippen molar-refractivity contribution in [2.24, 2.45) is 5.41 Å². The van der Waals surface area contributed by atoms with Crippen molar-refractivity contribution in [3.8, 4) is 11.1 Å². The van der Waals surface area contributed by atoms with Gasteiger partial charge < -0.3 is 25.0 Å². The SMILES string of the molecule is Cc1cc(F)ccc1CN1CCc2cc(-c3c(CNC(=O)C(=O)N(C)C)nc(C)c(C(OC(C)(C)C)C(=O)O)c3N3CCC(C)(C)CC3)ccc2C1. The zero-order valence-electron chi connectivity index (χ0n) is 32.2. The number of rotatable bonds is 9. The van der Waals surface area contributed by atoms with Gasteiger partial charge in [0.05, 0.1) is 23.5 Å². The molecule has 2 aliphatic heterocycles. The van der Waals surface area contributed by atoms with Crippen LogP contribution in [0.2, 0.25) is 0 Å². The van der Waals surface area contributed by atoms with E-state index in [0.717, 1.165) is 60.3 Å². The molecule has 280 valence electrons. The Morgan fingerprint density at radius 1 is 1.04 bits per heavy atom. The Morgan fingerprint density at radius 2 is 1.73 bits per heavy atom. The number of benzene rings is 2. The van der Waals surface area contributed by atoms with Crippen LogP contribution in [0.25, 0.3) is 11.1 Å². The highest BCUT2D eigenvalue weighted by Gasteiger charge is 2.37. The average Bonchev–Trinajstić information content (AvgIpc) is 3.06. The fraction of sp³-hybridized carbons (Fsp3) is 0.512. The van der Waals surface area contributed by atoms with E-state index >= 15 is 0 Å². The number of nitrogens with zero attached hydrogens (tertiary/aromatic N) is 4. The van der Waals surface area contributed by atoms with Crippen LogP contribution in [0.3, 0.4) is 0 Å². The quantitative estimate of drug-likeness (QED) is 0.247. The third-order valence-electron chi connectivity index (χ3n) is 10.2. The van der Waals surface area contributed by atoms with Gasteiger partial charge in [-0.05, 0) is 99.2 Å². The van der Waals surface area contributed by atoms with Gasteiger partial charge in [0.1, 0.15) is 5.82 Å². The fourth-order valence-corrected chi connectivity index (χ4v) is 7.18. The molecule has 0 spiro atoms. The Bertz CT molecular complexity index is 1840. The van der Waals surface area contributed by atoms with Crippen LogP contribution in [-0.2, 0) is 45.2 Å². The summed E-state index contributed by atoms with van der Waals surface area (Å²) in [4.78, 5) is 49.3. The molecule has 2 aromatic carbocycles. The lowest BCUT2D eigenvalue weighted by Gasteiger charge is -2.41. The van der Waals surface area contributed by atoms with Crippen molar-refractivity contribution in [1.29, 1.82) is 0 Å². The topological polar surface area (TPSA) is 115 Å². The number of carbonyl (C=O) groups is 3. The molecule has 1 atom stereocenters. The van der Waals surface area contributed by atoms with E-state index < -0.39 is 29.5 Å². The zero-order chi connectivity index (χ0) is 38.1. The lowest BCUT2D eigenvalue weighted by molar-refractivity contribution is -0.160. The Balaban J connectivity index is 1.65. The van der Waals surface area contributed by atoms with Crippen LogP contribution in [0.1, 0.15) is 92.8 Å². The Kier molecular flexibility index (Phi) is 11.5. The Labute approximate surface area is 307 Å². The number of ether oxygens (including phenoxy) is 1. The molecule has 11 heteroatoms. The number of pyridine rings is 1. The van der Waals surface area contributed by atoms with Crippen molar-refractivity contribution in [1.82, 2.24) is 20.1 Å². The highest BCUT2D eigenvalue weighted by atomic mass is 19.1. The second kappa shape index (κ2) is 15.3. The molecular formula is C41H54FN5O5. The largest absolute Gasteiger partial charge is 0.479 e. The van der Waals surface area contributed by atoms with Crippen molar-refractivity contribution in [2.45, 2.75) is 99.1 Å². The smallest absolute Gasteiger partial charge is 0.337 e. The summed E-state index contributed by atoms with van der Waals surface area (Å²) in [5, 5.41) is 13.4. The highest BCUT2D eigenvalue weighted by molar-refractivity contribution is 6.34. The molecule has 1 saturated heterocycles. The number of anilines is 1. The van der Waals surface area contributed by atoms with Gasteiger partial charge >= 0.3 is 17.8 Å². The lowest BCUT2D eigenvalue weighted by Crippen LogP contribution is -2.40. The van der Waals surface area contributed by atoms with Gasteiger partial charge in [-0.15, -0.1) is 0 Å². The minimum absolute atomic E-state index is 0.0268. The van der Waals surface area contributed by atoms with Crippen LogP contribution < -0.4 is 10.2 Å². The van der Waals surface area contributed by atoms with Gasteiger partial charge in [-0.3, -0.25) is 19.5 Å². The normalized spacial score (nSPS) is 16.6. The lowest BCUT2D eigenvalue weighted by atomic mass is 9.81. The number of fused-ring (bicyclic) bond motifs is 1. The van der Waals surface area contributed by atoms with Crippen molar-refractivity contribution in [3.63, 3.8) is 0 Å². The molecule has 2 amide bonds. The second-order valence-electron chi connectivity index (χ2n) is 16.3. The van der Waals surface area contributed by atoms with Gasteiger partial charge in [-0.1, -0.05) is 38.1 Å². The first kappa shape index (κ1) is 38.9. The van der Waals surface area contributed by atoms with E-state index in [1.807, 2.05) is 33.8 Å². The summed E-state index contributed by atoms with van der Waals surface area (Å²) in [6.07, 6.45) is 1.30. The fourth-order valence-electron chi connectivity index (χ4n) is 7.18.